The van der Waals surface area contributed by atoms with Crippen LogP contribution < -0.4 is 20.1 Å². The van der Waals surface area contributed by atoms with Crippen LogP contribution in [0.15, 0.2) is 42.5 Å². The van der Waals surface area contributed by atoms with E-state index in [1.807, 2.05) is 0 Å². The van der Waals surface area contributed by atoms with Crippen molar-refractivity contribution >= 4 is 5.69 Å². The number of aryl methyl sites for hydroxylation is 1. The number of hydrogen-bond acceptors (Lipinski definition) is 4. The molecule has 1 saturated carbocycles. The van der Waals surface area contributed by atoms with Gasteiger partial charge in [0.05, 0.1) is 13.2 Å². The molecule has 29 heavy (non-hydrogen) atoms. The highest BCUT2D eigenvalue weighted by atomic mass is 16.5. The highest BCUT2D eigenvalue weighted by molar-refractivity contribution is 5.45. The van der Waals surface area contributed by atoms with Crippen LogP contribution in [0.5, 0.6) is 11.5 Å². The van der Waals surface area contributed by atoms with Gasteiger partial charge in [0.15, 0.2) is 11.5 Å². The monoisotopic (exact) mass is 394 g/mol. The first-order valence-corrected chi connectivity index (χ1v) is 11.1. The molecule has 2 atom stereocenters. The van der Waals surface area contributed by atoms with Gasteiger partial charge in [-0.2, -0.15) is 0 Å². The number of methoxy groups -OCH3 is 1. The van der Waals surface area contributed by atoms with Crippen molar-refractivity contribution in [1.29, 1.82) is 0 Å². The minimum absolute atomic E-state index is 0.343. The van der Waals surface area contributed by atoms with Gasteiger partial charge >= 0.3 is 0 Å². The fourth-order valence-corrected chi connectivity index (χ4v) is 4.60. The Bertz CT molecular complexity index is 784. The lowest BCUT2D eigenvalue weighted by Gasteiger charge is -2.31. The molecule has 1 aliphatic heterocycles. The second-order valence-corrected chi connectivity index (χ2v) is 8.64. The van der Waals surface area contributed by atoms with Gasteiger partial charge in [0.25, 0.3) is 0 Å². The fourth-order valence-electron chi connectivity index (χ4n) is 4.60. The molecule has 4 nitrogen and oxygen atoms in total. The molecule has 4 heteroatoms. The molecule has 2 aliphatic rings. The summed E-state index contributed by atoms with van der Waals surface area (Å²) in [6.07, 6.45) is 6.39. The lowest BCUT2D eigenvalue weighted by atomic mass is 9.85. The fraction of sp³-hybridized carbons (Fsp3) is 0.520. The van der Waals surface area contributed by atoms with E-state index in [1.54, 1.807) is 7.11 Å². The lowest BCUT2D eigenvalue weighted by molar-refractivity contribution is 0.200. The van der Waals surface area contributed by atoms with Crippen LogP contribution in [0, 0.1) is 12.8 Å². The standard InChI is InChI=1S/C25H34N2O2/c1-18-7-10-22(11-8-18)27-16-19-13-21(17-26-15-19)20-9-12-24(28-2)25(14-20)29-23-5-3-4-6-23/h7-12,14,19,21,23,26-27H,3-6,13,15-17H2,1-2H3/t19-,21+/m0/s1. The molecule has 0 radical (unpaired) electrons. The normalized spacial score (nSPS) is 22.4. The molecule has 2 aromatic rings. The number of ether oxygens (including phenoxy) is 2. The molecule has 156 valence electrons. The van der Waals surface area contributed by atoms with Crippen molar-refractivity contribution in [3.63, 3.8) is 0 Å². The summed E-state index contributed by atoms with van der Waals surface area (Å²) in [6, 6.07) is 15.2. The van der Waals surface area contributed by atoms with Crippen molar-refractivity contribution in [1.82, 2.24) is 5.32 Å². The SMILES string of the molecule is COc1ccc([C@H]2CNC[C@@H](CNc3ccc(C)cc3)C2)cc1OC1CCCC1. The number of rotatable bonds is 7. The first-order valence-electron chi connectivity index (χ1n) is 11.1. The maximum atomic E-state index is 6.31. The summed E-state index contributed by atoms with van der Waals surface area (Å²) in [4.78, 5) is 0. The van der Waals surface area contributed by atoms with Gasteiger partial charge in [-0.1, -0.05) is 23.8 Å². The van der Waals surface area contributed by atoms with Crippen molar-refractivity contribution in [2.45, 2.75) is 51.0 Å². The van der Waals surface area contributed by atoms with Gasteiger partial charge < -0.3 is 20.1 Å². The summed E-state index contributed by atoms with van der Waals surface area (Å²) in [6.45, 7) is 5.21. The van der Waals surface area contributed by atoms with Crippen molar-refractivity contribution in [3.05, 3.63) is 53.6 Å². The van der Waals surface area contributed by atoms with E-state index in [9.17, 15) is 0 Å². The number of hydrogen-bond donors (Lipinski definition) is 2. The molecule has 4 rings (SSSR count). The van der Waals surface area contributed by atoms with E-state index in [0.29, 0.717) is 17.9 Å². The van der Waals surface area contributed by atoms with Crippen molar-refractivity contribution in [2.75, 3.05) is 32.1 Å². The highest BCUT2D eigenvalue weighted by Gasteiger charge is 2.25. The lowest BCUT2D eigenvalue weighted by Crippen LogP contribution is -2.38. The molecular weight excluding hydrogens is 360 g/mol. The summed E-state index contributed by atoms with van der Waals surface area (Å²) in [5.41, 5.74) is 3.85. The molecule has 0 aromatic heterocycles. The Morgan fingerprint density at radius 1 is 1.00 bits per heavy atom. The van der Waals surface area contributed by atoms with Crippen molar-refractivity contribution in [2.24, 2.45) is 5.92 Å². The van der Waals surface area contributed by atoms with Gasteiger partial charge in [0.1, 0.15) is 0 Å². The molecule has 2 fully saturated rings. The molecule has 2 aromatic carbocycles. The van der Waals surface area contributed by atoms with Crippen molar-refractivity contribution in [3.8, 4) is 11.5 Å². The third-order valence-corrected chi connectivity index (χ3v) is 6.34. The molecule has 2 N–H and O–H groups in total. The Balaban J connectivity index is 1.39. The first kappa shape index (κ1) is 20.1. The quantitative estimate of drug-likeness (QED) is 0.683. The van der Waals surface area contributed by atoms with Gasteiger partial charge in [0, 0.05) is 18.8 Å². The van der Waals surface area contributed by atoms with Crippen LogP contribution in [0.2, 0.25) is 0 Å². The Kier molecular flexibility index (Phi) is 6.60. The number of benzene rings is 2. The van der Waals surface area contributed by atoms with E-state index in [4.69, 9.17) is 9.47 Å². The van der Waals surface area contributed by atoms with Crippen LogP contribution in [0.4, 0.5) is 5.69 Å². The third-order valence-electron chi connectivity index (χ3n) is 6.34. The molecule has 0 unspecified atom stereocenters. The average molecular weight is 395 g/mol. The summed E-state index contributed by atoms with van der Waals surface area (Å²) >= 11 is 0. The minimum atomic E-state index is 0.343. The number of piperidine rings is 1. The second kappa shape index (κ2) is 9.53. The van der Waals surface area contributed by atoms with Gasteiger partial charge in [-0.3, -0.25) is 0 Å². The Morgan fingerprint density at radius 3 is 2.55 bits per heavy atom. The second-order valence-electron chi connectivity index (χ2n) is 8.64. The van der Waals surface area contributed by atoms with Crippen LogP contribution in [0.1, 0.15) is 49.1 Å². The van der Waals surface area contributed by atoms with Crippen LogP contribution >= 0.6 is 0 Å². The zero-order valence-corrected chi connectivity index (χ0v) is 17.7. The van der Waals surface area contributed by atoms with E-state index < -0.39 is 0 Å². The number of anilines is 1. The molecule has 0 amide bonds. The highest BCUT2D eigenvalue weighted by Crippen LogP contribution is 2.36. The zero-order chi connectivity index (χ0) is 20.1. The Morgan fingerprint density at radius 2 is 1.79 bits per heavy atom. The van der Waals surface area contributed by atoms with Gasteiger partial charge in [-0.15, -0.1) is 0 Å². The molecule has 1 aliphatic carbocycles. The molecular formula is C25H34N2O2. The van der Waals surface area contributed by atoms with E-state index in [-0.39, 0.29) is 0 Å². The molecule has 0 bridgehead atoms. The summed E-state index contributed by atoms with van der Waals surface area (Å²) in [5.74, 6) is 2.88. The largest absolute Gasteiger partial charge is 0.493 e. The molecule has 0 spiro atoms. The Hall–Kier alpha value is -2.20. The van der Waals surface area contributed by atoms with E-state index in [0.717, 1.165) is 44.0 Å². The van der Waals surface area contributed by atoms with E-state index >= 15 is 0 Å². The topological polar surface area (TPSA) is 42.5 Å². The smallest absolute Gasteiger partial charge is 0.161 e. The first-order chi connectivity index (χ1) is 14.2. The predicted molar refractivity (Wildman–Crippen MR) is 119 cm³/mol. The van der Waals surface area contributed by atoms with Crippen molar-refractivity contribution < 1.29 is 9.47 Å². The average Bonchev–Trinajstić information content (AvgIpc) is 3.27. The predicted octanol–water partition coefficient (Wildman–Crippen LogP) is 5.13. The van der Waals surface area contributed by atoms with Gasteiger partial charge in [0.2, 0.25) is 0 Å². The number of nitrogens with one attached hydrogen (secondary N) is 2. The van der Waals surface area contributed by atoms with Crippen LogP contribution in [-0.4, -0.2) is 32.8 Å². The third kappa shape index (κ3) is 5.24. The van der Waals surface area contributed by atoms with Crippen LogP contribution in [-0.2, 0) is 0 Å². The van der Waals surface area contributed by atoms with E-state index in [2.05, 4.69) is 60.0 Å². The van der Waals surface area contributed by atoms with Crippen LogP contribution in [0.3, 0.4) is 0 Å². The zero-order valence-electron chi connectivity index (χ0n) is 17.7. The summed E-state index contributed by atoms with van der Waals surface area (Å²) < 4.78 is 11.9. The maximum absolute atomic E-state index is 6.31. The maximum Gasteiger partial charge on any atom is 0.161 e. The summed E-state index contributed by atoms with van der Waals surface area (Å²) in [7, 11) is 1.73. The Labute approximate surface area is 175 Å². The molecule has 1 saturated heterocycles. The molecule has 1 heterocycles. The van der Waals surface area contributed by atoms with Crippen LogP contribution in [0.25, 0.3) is 0 Å². The van der Waals surface area contributed by atoms with E-state index in [1.165, 1.54) is 36.1 Å². The van der Waals surface area contributed by atoms with Gasteiger partial charge in [-0.25, -0.2) is 0 Å². The van der Waals surface area contributed by atoms with Gasteiger partial charge in [-0.05, 0) is 87.2 Å². The minimum Gasteiger partial charge on any atom is -0.493 e. The summed E-state index contributed by atoms with van der Waals surface area (Å²) in [5, 5.41) is 7.24.